The molecule has 2 aromatic carbocycles. The zero-order chi connectivity index (χ0) is 17.4. The molecule has 1 aromatic heterocycles. The molecule has 0 unspecified atom stereocenters. The lowest BCUT2D eigenvalue weighted by molar-refractivity contribution is 0.0695. The van der Waals surface area contributed by atoms with Gasteiger partial charge in [0.1, 0.15) is 5.82 Å². The van der Waals surface area contributed by atoms with Crippen LogP contribution in [0.5, 0.6) is 0 Å². The number of aromatic carboxylic acids is 1. The summed E-state index contributed by atoms with van der Waals surface area (Å²) in [4.78, 5) is 15.7. The normalized spacial score (nSPS) is 10.8. The van der Waals surface area contributed by atoms with Crippen molar-refractivity contribution >= 4 is 5.97 Å². The molecule has 0 saturated heterocycles. The summed E-state index contributed by atoms with van der Waals surface area (Å²) in [5.74, 6) is -1.18. The number of nitrogens with zero attached hydrogens (tertiary/aromatic N) is 2. The molecule has 5 nitrogen and oxygen atoms in total. The lowest BCUT2D eigenvalue weighted by Crippen LogP contribution is -2.04. The van der Waals surface area contributed by atoms with Gasteiger partial charge in [-0.1, -0.05) is 28.9 Å². The molecular formula is C18H15FN2O3. The third-order valence-electron chi connectivity index (χ3n) is 3.91. The molecule has 0 spiro atoms. The van der Waals surface area contributed by atoms with Crippen molar-refractivity contribution in [1.82, 2.24) is 10.1 Å². The summed E-state index contributed by atoms with van der Waals surface area (Å²) >= 11 is 0. The highest BCUT2D eigenvalue weighted by Crippen LogP contribution is 2.29. The van der Waals surface area contributed by atoms with E-state index in [-0.39, 0.29) is 22.8 Å². The minimum atomic E-state index is -1.01. The summed E-state index contributed by atoms with van der Waals surface area (Å²) in [5, 5.41) is 13.2. The first kappa shape index (κ1) is 15.9. The Bertz CT molecular complexity index is 947. The minimum Gasteiger partial charge on any atom is -0.478 e. The van der Waals surface area contributed by atoms with Gasteiger partial charge in [-0.25, -0.2) is 9.18 Å². The summed E-state index contributed by atoms with van der Waals surface area (Å²) in [6.45, 7) is 5.25. The number of hydrogen-bond donors (Lipinski definition) is 1. The lowest BCUT2D eigenvalue weighted by atomic mass is 9.97. The van der Waals surface area contributed by atoms with Gasteiger partial charge in [-0.2, -0.15) is 4.98 Å². The average Bonchev–Trinajstić information content (AvgIpc) is 2.99. The van der Waals surface area contributed by atoms with Crippen LogP contribution in [0.1, 0.15) is 27.0 Å². The van der Waals surface area contributed by atoms with Crippen LogP contribution in [0.3, 0.4) is 0 Å². The molecule has 122 valence electrons. The van der Waals surface area contributed by atoms with E-state index in [2.05, 4.69) is 10.1 Å². The van der Waals surface area contributed by atoms with Crippen LogP contribution in [-0.4, -0.2) is 21.2 Å². The Kier molecular flexibility index (Phi) is 3.89. The van der Waals surface area contributed by atoms with Gasteiger partial charge in [0.05, 0.1) is 11.1 Å². The highest BCUT2D eigenvalue weighted by molar-refractivity contribution is 5.93. The van der Waals surface area contributed by atoms with E-state index in [4.69, 9.17) is 4.52 Å². The first-order valence-electron chi connectivity index (χ1n) is 7.32. The van der Waals surface area contributed by atoms with Crippen LogP contribution in [0.15, 0.2) is 34.9 Å². The van der Waals surface area contributed by atoms with Crippen LogP contribution in [0, 0.1) is 26.6 Å². The Hall–Kier alpha value is -3.02. The number of rotatable bonds is 3. The maximum atomic E-state index is 14.0. The van der Waals surface area contributed by atoms with Gasteiger partial charge in [0.2, 0.25) is 5.82 Å². The van der Waals surface area contributed by atoms with Crippen molar-refractivity contribution in [2.75, 3.05) is 0 Å². The second-order valence-electron chi connectivity index (χ2n) is 5.64. The number of hydrogen-bond acceptors (Lipinski definition) is 4. The summed E-state index contributed by atoms with van der Waals surface area (Å²) in [5.41, 5.74) is 3.03. The number of carbonyl (C=O) groups is 1. The summed E-state index contributed by atoms with van der Waals surface area (Å²) in [6.07, 6.45) is 0. The Morgan fingerprint density at radius 2 is 1.88 bits per heavy atom. The van der Waals surface area contributed by atoms with Crippen LogP contribution in [0.25, 0.3) is 22.8 Å². The summed E-state index contributed by atoms with van der Waals surface area (Å²) in [6, 6.07) is 8.04. The molecule has 0 aliphatic rings. The summed E-state index contributed by atoms with van der Waals surface area (Å²) < 4.78 is 19.1. The first-order valence-corrected chi connectivity index (χ1v) is 7.32. The molecule has 0 amide bonds. The predicted octanol–water partition coefficient (Wildman–Crippen LogP) is 4.17. The van der Waals surface area contributed by atoms with Crippen LogP contribution < -0.4 is 0 Å². The van der Waals surface area contributed by atoms with Crippen LogP contribution >= 0.6 is 0 Å². The van der Waals surface area contributed by atoms with Crippen molar-refractivity contribution in [2.24, 2.45) is 0 Å². The molecule has 0 saturated carbocycles. The molecule has 0 fully saturated rings. The molecule has 1 N–H and O–H groups in total. The molecule has 3 rings (SSSR count). The first-order chi connectivity index (χ1) is 11.4. The van der Waals surface area contributed by atoms with E-state index in [0.717, 1.165) is 5.56 Å². The second kappa shape index (κ2) is 5.88. The van der Waals surface area contributed by atoms with Gasteiger partial charge in [0.15, 0.2) is 0 Å². The van der Waals surface area contributed by atoms with Crippen LogP contribution in [0.4, 0.5) is 4.39 Å². The lowest BCUT2D eigenvalue weighted by Gasteiger charge is -2.08. The third kappa shape index (κ3) is 2.67. The highest BCUT2D eigenvalue weighted by Gasteiger charge is 2.19. The Morgan fingerprint density at radius 1 is 1.12 bits per heavy atom. The fraction of sp³-hybridized carbons (Fsp3) is 0.167. The van der Waals surface area contributed by atoms with Crippen molar-refractivity contribution in [2.45, 2.75) is 20.8 Å². The summed E-state index contributed by atoms with van der Waals surface area (Å²) in [7, 11) is 0. The molecule has 0 bridgehead atoms. The van der Waals surface area contributed by atoms with E-state index in [1.807, 2.05) is 6.92 Å². The molecule has 0 aliphatic heterocycles. The number of aromatic nitrogens is 2. The maximum absolute atomic E-state index is 14.0. The average molecular weight is 326 g/mol. The number of halogens is 1. The van der Waals surface area contributed by atoms with Gasteiger partial charge in [-0.05, 0) is 44.0 Å². The third-order valence-corrected chi connectivity index (χ3v) is 3.91. The quantitative estimate of drug-likeness (QED) is 0.782. The fourth-order valence-corrected chi connectivity index (χ4v) is 2.66. The topological polar surface area (TPSA) is 76.2 Å². The number of benzene rings is 2. The van der Waals surface area contributed by atoms with Crippen molar-refractivity contribution in [3.05, 3.63) is 58.4 Å². The van der Waals surface area contributed by atoms with Crippen molar-refractivity contribution in [3.8, 4) is 22.8 Å². The van der Waals surface area contributed by atoms with E-state index < -0.39 is 11.8 Å². The molecule has 1 heterocycles. The Balaban J connectivity index is 2.11. The Morgan fingerprint density at radius 3 is 2.58 bits per heavy atom. The number of carboxylic acid groups (broad SMARTS) is 1. The van der Waals surface area contributed by atoms with E-state index >= 15 is 0 Å². The van der Waals surface area contributed by atoms with Gasteiger partial charge in [-0.15, -0.1) is 0 Å². The van der Waals surface area contributed by atoms with Gasteiger partial charge >= 0.3 is 5.97 Å². The van der Waals surface area contributed by atoms with Gasteiger partial charge < -0.3 is 9.63 Å². The van der Waals surface area contributed by atoms with Crippen LogP contribution in [0.2, 0.25) is 0 Å². The second-order valence-corrected chi connectivity index (χ2v) is 5.64. The molecule has 0 aliphatic carbocycles. The number of aryl methyl sites for hydroxylation is 2. The molecule has 24 heavy (non-hydrogen) atoms. The van der Waals surface area contributed by atoms with Gasteiger partial charge in [0, 0.05) is 5.56 Å². The van der Waals surface area contributed by atoms with E-state index in [9.17, 15) is 14.3 Å². The largest absolute Gasteiger partial charge is 0.478 e. The molecule has 3 aromatic rings. The fourth-order valence-electron chi connectivity index (χ4n) is 2.66. The van der Waals surface area contributed by atoms with Gasteiger partial charge in [0.25, 0.3) is 5.89 Å². The zero-order valence-electron chi connectivity index (χ0n) is 13.4. The monoisotopic (exact) mass is 326 g/mol. The van der Waals surface area contributed by atoms with E-state index in [1.54, 1.807) is 38.1 Å². The SMILES string of the molecule is Cc1ccc(F)c(-c2nc(-c3ccc(C)c(C(=O)O)c3C)no2)c1. The van der Waals surface area contributed by atoms with Crippen LogP contribution in [-0.2, 0) is 0 Å². The molecular weight excluding hydrogens is 311 g/mol. The van der Waals surface area contributed by atoms with E-state index in [0.29, 0.717) is 16.7 Å². The zero-order valence-corrected chi connectivity index (χ0v) is 13.4. The smallest absolute Gasteiger partial charge is 0.336 e. The van der Waals surface area contributed by atoms with Crippen molar-refractivity contribution in [1.29, 1.82) is 0 Å². The van der Waals surface area contributed by atoms with Crippen molar-refractivity contribution in [3.63, 3.8) is 0 Å². The molecule has 0 radical (unpaired) electrons. The van der Waals surface area contributed by atoms with Gasteiger partial charge in [-0.3, -0.25) is 0 Å². The molecule has 6 heteroatoms. The van der Waals surface area contributed by atoms with Crippen molar-refractivity contribution < 1.29 is 18.8 Å². The minimum absolute atomic E-state index is 0.0584. The predicted molar refractivity (Wildman–Crippen MR) is 86.3 cm³/mol. The Labute approximate surface area is 137 Å². The standard InChI is InChI=1S/C18H15FN2O3/c1-9-4-7-14(19)13(8-9)17-20-16(21-24-17)12-6-5-10(2)15(11(12)3)18(22)23/h4-8H,1-3H3,(H,22,23). The highest BCUT2D eigenvalue weighted by atomic mass is 19.1. The molecule has 0 atom stereocenters. The number of carboxylic acids is 1. The van der Waals surface area contributed by atoms with E-state index in [1.165, 1.54) is 6.07 Å². The maximum Gasteiger partial charge on any atom is 0.336 e.